The Hall–Kier alpha value is -2.53. The molecule has 0 amide bonds. The maximum Gasteiger partial charge on any atom is 0.248 e. The van der Waals surface area contributed by atoms with Crippen LogP contribution in [0.3, 0.4) is 0 Å². The van der Waals surface area contributed by atoms with Crippen molar-refractivity contribution in [2.24, 2.45) is 0 Å². The molecule has 0 aliphatic carbocycles. The average molecular weight is 288 g/mol. The molecule has 0 fully saturated rings. The molecule has 0 bridgehead atoms. The van der Waals surface area contributed by atoms with Crippen LogP contribution in [-0.4, -0.2) is 10.1 Å². The number of aromatic amines is 1. The van der Waals surface area contributed by atoms with E-state index in [2.05, 4.69) is 10.1 Å². The number of nitrogens with two attached hydrogens (primary N) is 1. The Morgan fingerprint density at radius 2 is 1.90 bits per heavy atom. The number of benzene rings is 1. The summed E-state index contributed by atoms with van der Waals surface area (Å²) in [6, 6.07) is 11.9. The quantitative estimate of drug-likeness (QED) is 0.759. The maximum atomic E-state index is 11.4. The number of hydrogen-bond donors (Lipinski definition) is 2. The Labute approximate surface area is 119 Å². The molecule has 3 aromatic rings. The van der Waals surface area contributed by atoms with E-state index in [1.165, 1.54) is 6.07 Å². The summed E-state index contributed by atoms with van der Waals surface area (Å²) >= 11 is 5.87. The van der Waals surface area contributed by atoms with Crippen molar-refractivity contribution < 1.29 is 4.52 Å². The summed E-state index contributed by atoms with van der Waals surface area (Å²) in [5, 5.41) is 4.39. The normalized spacial score (nSPS) is 10.7. The van der Waals surface area contributed by atoms with Crippen LogP contribution in [0.5, 0.6) is 0 Å². The summed E-state index contributed by atoms with van der Waals surface area (Å²) in [4.78, 5) is 14.1. The second kappa shape index (κ2) is 4.86. The smallest absolute Gasteiger partial charge is 0.248 e. The Morgan fingerprint density at radius 3 is 2.60 bits per heavy atom. The zero-order valence-electron chi connectivity index (χ0n) is 10.3. The Bertz CT molecular complexity index is 806. The monoisotopic (exact) mass is 287 g/mol. The SMILES string of the molecule is Nc1noc(-c2cccc(=O)[nH]2)c1-c1ccc(Cl)cc1. The number of hydrogen-bond acceptors (Lipinski definition) is 4. The van der Waals surface area contributed by atoms with E-state index >= 15 is 0 Å². The van der Waals surface area contributed by atoms with Crippen molar-refractivity contribution in [2.45, 2.75) is 0 Å². The molecule has 100 valence electrons. The van der Waals surface area contributed by atoms with Crippen molar-refractivity contribution in [1.82, 2.24) is 10.1 Å². The van der Waals surface area contributed by atoms with Gasteiger partial charge in [-0.2, -0.15) is 0 Å². The summed E-state index contributed by atoms with van der Waals surface area (Å²) in [7, 11) is 0. The fourth-order valence-electron chi connectivity index (χ4n) is 1.96. The summed E-state index contributed by atoms with van der Waals surface area (Å²) < 4.78 is 5.24. The van der Waals surface area contributed by atoms with E-state index in [0.717, 1.165) is 5.56 Å². The summed E-state index contributed by atoms with van der Waals surface area (Å²) in [6.45, 7) is 0. The summed E-state index contributed by atoms with van der Waals surface area (Å²) in [6.07, 6.45) is 0. The van der Waals surface area contributed by atoms with Crippen LogP contribution in [0.4, 0.5) is 5.82 Å². The maximum absolute atomic E-state index is 11.4. The third kappa shape index (κ3) is 2.19. The molecule has 0 unspecified atom stereocenters. The van der Waals surface area contributed by atoms with E-state index in [1.807, 2.05) is 12.1 Å². The van der Waals surface area contributed by atoms with Gasteiger partial charge in [-0.15, -0.1) is 0 Å². The Kier molecular flexibility index (Phi) is 3.04. The molecule has 0 saturated carbocycles. The second-order valence-electron chi connectivity index (χ2n) is 4.21. The fourth-order valence-corrected chi connectivity index (χ4v) is 2.09. The predicted molar refractivity (Wildman–Crippen MR) is 77.4 cm³/mol. The lowest BCUT2D eigenvalue weighted by Gasteiger charge is -2.02. The lowest BCUT2D eigenvalue weighted by Crippen LogP contribution is -2.03. The zero-order valence-corrected chi connectivity index (χ0v) is 11.0. The predicted octanol–water partition coefficient (Wildman–Crippen LogP) is 2.93. The number of pyridine rings is 1. The first-order valence-electron chi connectivity index (χ1n) is 5.86. The Morgan fingerprint density at radius 1 is 1.15 bits per heavy atom. The third-order valence-electron chi connectivity index (χ3n) is 2.86. The first kappa shape index (κ1) is 12.5. The average Bonchev–Trinajstić information content (AvgIpc) is 2.82. The number of nitrogen functional groups attached to an aromatic ring is 1. The van der Waals surface area contributed by atoms with Crippen LogP contribution in [0.15, 0.2) is 51.8 Å². The molecule has 1 aromatic carbocycles. The van der Waals surface area contributed by atoms with Crippen LogP contribution in [0, 0.1) is 0 Å². The highest BCUT2D eigenvalue weighted by Gasteiger charge is 2.18. The highest BCUT2D eigenvalue weighted by molar-refractivity contribution is 6.30. The van der Waals surface area contributed by atoms with Crippen molar-refractivity contribution in [2.75, 3.05) is 5.73 Å². The van der Waals surface area contributed by atoms with Gasteiger partial charge in [0, 0.05) is 11.1 Å². The van der Waals surface area contributed by atoms with Crippen molar-refractivity contribution >= 4 is 17.4 Å². The molecule has 0 saturated heterocycles. The number of halogens is 1. The van der Waals surface area contributed by atoms with Crippen molar-refractivity contribution in [3.8, 4) is 22.6 Å². The highest BCUT2D eigenvalue weighted by Crippen LogP contribution is 2.35. The molecule has 0 radical (unpaired) electrons. The van der Waals surface area contributed by atoms with Gasteiger partial charge in [-0.1, -0.05) is 35.0 Å². The van der Waals surface area contributed by atoms with Gasteiger partial charge in [0.05, 0.1) is 11.3 Å². The van der Waals surface area contributed by atoms with Gasteiger partial charge < -0.3 is 15.2 Å². The minimum atomic E-state index is -0.223. The van der Waals surface area contributed by atoms with Crippen LogP contribution in [0.25, 0.3) is 22.6 Å². The number of aromatic nitrogens is 2. The van der Waals surface area contributed by atoms with E-state index in [9.17, 15) is 4.79 Å². The van der Waals surface area contributed by atoms with Crippen molar-refractivity contribution in [3.63, 3.8) is 0 Å². The molecule has 3 N–H and O–H groups in total. The zero-order chi connectivity index (χ0) is 14.1. The van der Waals surface area contributed by atoms with Gasteiger partial charge in [0.15, 0.2) is 11.6 Å². The van der Waals surface area contributed by atoms with Crippen LogP contribution in [0.2, 0.25) is 5.02 Å². The van der Waals surface area contributed by atoms with E-state index in [0.29, 0.717) is 22.0 Å². The number of anilines is 1. The third-order valence-corrected chi connectivity index (χ3v) is 3.12. The van der Waals surface area contributed by atoms with Gasteiger partial charge in [0.2, 0.25) is 5.56 Å². The number of nitrogens with one attached hydrogen (secondary N) is 1. The standard InChI is InChI=1S/C14H10ClN3O2/c15-9-6-4-8(5-7-9)12-13(20-18-14(12)16)10-2-1-3-11(19)17-10/h1-7H,(H2,16,18)(H,17,19). The van der Waals surface area contributed by atoms with Gasteiger partial charge in [-0.25, -0.2) is 0 Å². The van der Waals surface area contributed by atoms with E-state index in [1.54, 1.807) is 24.3 Å². The van der Waals surface area contributed by atoms with Gasteiger partial charge in [-0.05, 0) is 23.8 Å². The summed E-state index contributed by atoms with van der Waals surface area (Å²) in [5.74, 6) is 0.676. The lowest BCUT2D eigenvalue weighted by atomic mass is 10.0. The molecule has 0 aliphatic rings. The van der Waals surface area contributed by atoms with Crippen molar-refractivity contribution in [3.05, 3.63) is 57.8 Å². The van der Waals surface area contributed by atoms with Crippen LogP contribution >= 0.6 is 11.6 Å². The first-order chi connectivity index (χ1) is 9.65. The molecular weight excluding hydrogens is 278 g/mol. The van der Waals surface area contributed by atoms with E-state index < -0.39 is 0 Å². The van der Waals surface area contributed by atoms with Gasteiger partial charge >= 0.3 is 0 Å². The lowest BCUT2D eigenvalue weighted by molar-refractivity contribution is 0.434. The molecule has 5 nitrogen and oxygen atoms in total. The molecular formula is C14H10ClN3O2. The minimum Gasteiger partial charge on any atom is -0.380 e. The summed E-state index contributed by atoms with van der Waals surface area (Å²) in [5.41, 5.74) is 7.60. The first-order valence-corrected chi connectivity index (χ1v) is 6.24. The number of rotatable bonds is 2. The largest absolute Gasteiger partial charge is 0.380 e. The van der Waals surface area contributed by atoms with Crippen molar-refractivity contribution in [1.29, 1.82) is 0 Å². The number of nitrogens with zero attached hydrogens (tertiary/aromatic N) is 1. The molecule has 2 aromatic heterocycles. The van der Waals surface area contributed by atoms with Gasteiger partial charge in [0.1, 0.15) is 0 Å². The molecule has 0 atom stereocenters. The van der Waals surface area contributed by atoms with Crippen LogP contribution in [-0.2, 0) is 0 Å². The molecule has 2 heterocycles. The Balaban J connectivity index is 2.19. The minimum absolute atomic E-state index is 0.223. The van der Waals surface area contributed by atoms with Crippen LogP contribution < -0.4 is 11.3 Å². The topological polar surface area (TPSA) is 84.9 Å². The second-order valence-corrected chi connectivity index (χ2v) is 4.64. The molecule has 6 heteroatoms. The number of H-pyrrole nitrogens is 1. The van der Waals surface area contributed by atoms with E-state index in [-0.39, 0.29) is 11.4 Å². The van der Waals surface area contributed by atoms with E-state index in [4.69, 9.17) is 21.9 Å². The van der Waals surface area contributed by atoms with Gasteiger partial charge in [0.25, 0.3) is 0 Å². The fraction of sp³-hybridized carbons (Fsp3) is 0. The van der Waals surface area contributed by atoms with Crippen LogP contribution in [0.1, 0.15) is 0 Å². The van der Waals surface area contributed by atoms with Gasteiger partial charge in [-0.3, -0.25) is 4.79 Å². The highest BCUT2D eigenvalue weighted by atomic mass is 35.5. The molecule has 0 spiro atoms. The molecule has 20 heavy (non-hydrogen) atoms. The molecule has 3 rings (SSSR count). The molecule has 0 aliphatic heterocycles.